The van der Waals surface area contributed by atoms with Crippen molar-refractivity contribution >= 4 is 23.2 Å². The highest BCUT2D eigenvalue weighted by Crippen LogP contribution is 2.26. The first kappa shape index (κ1) is 21.9. The van der Waals surface area contributed by atoms with Crippen molar-refractivity contribution in [1.82, 2.24) is 4.90 Å². The van der Waals surface area contributed by atoms with Crippen LogP contribution in [0.3, 0.4) is 0 Å². The smallest absolute Gasteiger partial charge is 0.268 e. The van der Waals surface area contributed by atoms with Gasteiger partial charge in [-0.3, -0.25) is 9.59 Å². The van der Waals surface area contributed by atoms with Crippen molar-refractivity contribution in [2.45, 2.75) is 32.8 Å². The maximum atomic E-state index is 14.0. The van der Waals surface area contributed by atoms with Crippen LogP contribution in [-0.2, 0) is 9.63 Å². The van der Waals surface area contributed by atoms with E-state index in [1.54, 1.807) is 24.3 Å². The van der Waals surface area contributed by atoms with Crippen molar-refractivity contribution in [2.24, 2.45) is 17.0 Å². The number of halogens is 2. The fraction of sp³-hybridized carbons (Fsp3) is 0.375. The van der Waals surface area contributed by atoms with Crippen molar-refractivity contribution in [3.05, 3.63) is 65.2 Å². The van der Waals surface area contributed by atoms with E-state index in [0.29, 0.717) is 36.2 Å². The standard InChI is InChI=1S/C24H25F2N3O3/c1-14-9-15(2)13-29(12-14)24(31)17-5-3-4-6-20(17)27-23(30)22-11-21(28-32-22)18-10-16(25)7-8-19(18)26/h3-8,10,14-15,22H,9,11-13H2,1-2H3,(H,27,30)/t14-,15+,22-/m0/s1. The Hall–Kier alpha value is -3.29. The number of anilines is 1. The first-order valence-electron chi connectivity index (χ1n) is 10.7. The Balaban J connectivity index is 1.46. The third-order valence-corrected chi connectivity index (χ3v) is 5.77. The van der Waals surface area contributed by atoms with Crippen LogP contribution >= 0.6 is 0 Å². The zero-order valence-electron chi connectivity index (χ0n) is 18.0. The van der Waals surface area contributed by atoms with Crippen LogP contribution in [0, 0.1) is 23.5 Å². The minimum Gasteiger partial charge on any atom is -0.382 e. The lowest BCUT2D eigenvalue weighted by Gasteiger charge is -2.35. The zero-order valence-corrected chi connectivity index (χ0v) is 18.0. The highest BCUT2D eigenvalue weighted by molar-refractivity contribution is 6.08. The van der Waals surface area contributed by atoms with Crippen molar-refractivity contribution in [1.29, 1.82) is 0 Å². The summed E-state index contributed by atoms with van der Waals surface area (Å²) < 4.78 is 27.5. The van der Waals surface area contributed by atoms with Gasteiger partial charge < -0.3 is 15.1 Å². The van der Waals surface area contributed by atoms with E-state index in [4.69, 9.17) is 4.84 Å². The van der Waals surface area contributed by atoms with Crippen LogP contribution in [-0.4, -0.2) is 41.6 Å². The number of hydrogen-bond donors (Lipinski definition) is 1. The van der Waals surface area contributed by atoms with E-state index in [-0.39, 0.29) is 23.6 Å². The SMILES string of the molecule is C[C@@H]1C[C@H](C)CN(C(=O)c2ccccc2NC(=O)[C@@H]2CC(c3cc(F)ccc3F)=NO2)C1. The first-order chi connectivity index (χ1) is 15.3. The minimum absolute atomic E-state index is 0.0104. The topological polar surface area (TPSA) is 71.0 Å². The molecule has 1 fully saturated rings. The van der Waals surface area contributed by atoms with Gasteiger partial charge in [-0.15, -0.1) is 0 Å². The van der Waals surface area contributed by atoms with Crippen LogP contribution in [0.5, 0.6) is 0 Å². The zero-order chi connectivity index (χ0) is 22.8. The van der Waals surface area contributed by atoms with Gasteiger partial charge in [-0.1, -0.05) is 31.1 Å². The number of likely N-dealkylation sites (tertiary alicyclic amines) is 1. The average Bonchev–Trinajstić information content (AvgIpc) is 3.25. The van der Waals surface area contributed by atoms with Gasteiger partial charge in [0.05, 0.1) is 17.0 Å². The van der Waals surface area contributed by atoms with E-state index in [2.05, 4.69) is 24.3 Å². The molecule has 2 heterocycles. The van der Waals surface area contributed by atoms with Gasteiger partial charge in [-0.25, -0.2) is 8.78 Å². The number of rotatable bonds is 4. The molecule has 2 aromatic carbocycles. The maximum Gasteiger partial charge on any atom is 0.268 e. The second-order valence-electron chi connectivity index (χ2n) is 8.65. The monoisotopic (exact) mass is 441 g/mol. The average molecular weight is 441 g/mol. The molecule has 0 aromatic heterocycles. The molecule has 168 valence electrons. The van der Waals surface area contributed by atoms with Crippen LogP contribution in [0.25, 0.3) is 0 Å². The quantitative estimate of drug-likeness (QED) is 0.773. The number of nitrogens with zero attached hydrogens (tertiary/aromatic N) is 2. The summed E-state index contributed by atoms with van der Waals surface area (Å²) in [5.41, 5.74) is 0.895. The Morgan fingerprint density at radius 2 is 1.81 bits per heavy atom. The molecule has 1 saturated heterocycles. The Labute approximate surface area is 185 Å². The number of amides is 2. The highest BCUT2D eigenvalue weighted by atomic mass is 19.1. The fourth-order valence-corrected chi connectivity index (χ4v) is 4.39. The number of carbonyl (C=O) groups is 2. The number of para-hydroxylation sites is 1. The van der Waals surface area contributed by atoms with Crippen LogP contribution in [0.15, 0.2) is 47.6 Å². The van der Waals surface area contributed by atoms with Crippen LogP contribution in [0.2, 0.25) is 0 Å². The summed E-state index contributed by atoms with van der Waals surface area (Å²) >= 11 is 0. The number of nitrogens with one attached hydrogen (secondary N) is 1. The lowest BCUT2D eigenvalue weighted by molar-refractivity contribution is -0.125. The lowest BCUT2D eigenvalue weighted by Crippen LogP contribution is -2.43. The summed E-state index contributed by atoms with van der Waals surface area (Å²) in [4.78, 5) is 33.0. The van der Waals surface area contributed by atoms with Crippen molar-refractivity contribution in [3.63, 3.8) is 0 Å². The molecule has 3 atom stereocenters. The molecule has 8 heteroatoms. The molecule has 1 N–H and O–H groups in total. The molecule has 0 bridgehead atoms. The Bertz CT molecular complexity index is 1060. The number of carbonyl (C=O) groups excluding carboxylic acids is 2. The molecule has 0 radical (unpaired) electrons. The summed E-state index contributed by atoms with van der Waals surface area (Å²) in [7, 11) is 0. The number of benzene rings is 2. The fourth-order valence-electron chi connectivity index (χ4n) is 4.39. The maximum absolute atomic E-state index is 14.0. The third-order valence-electron chi connectivity index (χ3n) is 5.77. The predicted octanol–water partition coefficient (Wildman–Crippen LogP) is 4.21. The lowest BCUT2D eigenvalue weighted by atomic mass is 9.91. The largest absolute Gasteiger partial charge is 0.382 e. The molecule has 2 aliphatic heterocycles. The van der Waals surface area contributed by atoms with Crippen LogP contribution in [0.4, 0.5) is 14.5 Å². The summed E-state index contributed by atoms with van der Waals surface area (Å²) in [6.07, 6.45) is 0.0599. The van der Waals surface area contributed by atoms with E-state index in [1.807, 2.05) is 4.90 Å². The summed E-state index contributed by atoms with van der Waals surface area (Å²) in [6, 6.07) is 9.85. The predicted molar refractivity (Wildman–Crippen MR) is 116 cm³/mol. The molecule has 6 nitrogen and oxygen atoms in total. The molecule has 0 saturated carbocycles. The summed E-state index contributed by atoms with van der Waals surface area (Å²) in [5, 5.41) is 6.51. The summed E-state index contributed by atoms with van der Waals surface area (Å²) in [5.74, 6) is -1.07. The molecule has 4 rings (SSSR count). The summed E-state index contributed by atoms with van der Waals surface area (Å²) in [6.45, 7) is 5.60. The van der Waals surface area contributed by atoms with Gasteiger partial charge in [-0.05, 0) is 48.6 Å². The molecular formula is C24H25F2N3O3. The second-order valence-corrected chi connectivity index (χ2v) is 8.65. The molecule has 2 amide bonds. The Morgan fingerprint density at radius 3 is 2.56 bits per heavy atom. The van der Waals surface area contributed by atoms with E-state index in [1.165, 1.54) is 0 Å². The normalized spacial score (nSPS) is 22.8. The van der Waals surface area contributed by atoms with Gasteiger partial charge in [0.15, 0.2) is 0 Å². The molecular weight excluding hydrogens is 416 g/mol. The van der Waals surface area contributed by atoms with E-state index in [9.17, 15) is 18.4 Å². The minimum atomic E-state index is -1.01. The van der Waals surface area contributed by atoms with Gasteiger partial charge in [0.25, 0.3) is 11.8 Å². The Kier molecular flexibility index (Phi) is 6.21. The highest BCUT2D eigenvalue weighted by Gasteiger charge is 2.32. The van der Waals surface area contributed by atoms with E-state index in [0.717, 1.165) is 24.6 Å². The molecule has 0 spiro atoms. The van der Waals surface area contributed by atoms with Crippen molar-refractivity contribution < 1.29 is 23.2 Å². The molecule has 32 heavy (non-hydrogen) atoms. The Morgan fingerprint density at radius 1 is 1.09 bits per heavy atom. The van der Waals surface area contributed by atoms with Gasteiger partial charge in [0, 0.05) is 25.1 Å². The van der Waals surface area contributed by atoms with Gasteiger partial charge in [-0.2, -0.15) is 0 Å². The second kappa shape index (κ2) is 9.06. The third kappa shape index (κ3) is 4.64. The number of hydrogen-bond acceptors (Lipinski definition) is 4. The van der Waals surface area contributed by atoms with Gasteiger partial charge in [0.1, 0.15) is 11.6 Å². The van der Waals surface area contributed by atoms with Crippen molar-refractivity contribution in [2.75, 3.05) is 18.4 Å². The number of piperidine rings is 1. The van der Waals surface area contributed by atoms with Crippen molar-refractivity contribution in [3.8, 4) is 0 Å². The van der Waals surface area contributed by atoms with E-state index < -0.39 is 23.6 Å². The number of oxime groups is 1. The molecule has 2 aromatic rings. The molecule has 0 aliphatic carbocycles. The van der Waals surface area contributed by atoms with E-state index >= 15 is 0 Å². The van der Waals surface area contributed by atoms with Crippen LogP contribution in [0.1, 0.15) is 42.6 Å². The molecule has 2 aliphatic rings. The molecule has 0 unspecified atom stereocenters. The van der Waals surface area contributed by atoms with Gasteiger partial charge in [0.2, 0.25) is 6.10 Å². The first-order valence-corrected chi connectivity index (χ1v) is 10.7. The van der Waals surface area contributed by atoms with Crippen LogP contribution < -0.4 is 5.32 Å². The van der Waals surface area contributed by atoms with Gasteiger partial charge >= 0.3 is 0 Å².